The van der Waals surface area contributed by atoms with Crippen LogP contribution in [0.4, 0.5) is 0 Å². The van der Waals surface area contributed by atoms with Crippen LogP contribution < -0.4 is 0 Å². The molecule has 0 aromatic rings. The Kier molecular flexibility index (Phi) is 8.10. The third kappa shape index (κ3) is 7.67. The van der Waals surface area contributed by atoms with E-state index in [4.69, 9.17) is 0 Å². The SMILES string of the molecule is O=C1CCCC/C=C\CCCCCCCC1. The third-order valence-electron chi connectivity index (χ3n) is 3.32. The van der Waals surface area contributed by atoms with Crippen LogP contribution in [0.5, 0.6) is 0 Å². The van der Waals surface area contributed by atoms with Gasteiger partial charge in [-0.2, -0.15) is 0 Å². The first kappa shape index (κ1) is 13.5. The first-order chi connectivity index (χ1) is 7.89. The standard InChI is InChI=1S/C15H26O/c16-15-13-11-9-7-5-3-1-2-4-6-8-10-12-14-15/h3,5H,1-2,4,6-14H2/b5-3-. The normalized spacial score (nSPS) is 24.4. The Hall–Kier alpha value is -0.590. The monoisotopic (exact) mass is 222 g/mol. The van der Waals surface area contributed by atoms with E-state index in [2.05, 4.69) is 12.2 Å². The maximum Gasteiger partial charge on any atom is 0.132 e. The predicted molar refractivity (Wildman–Crippen MR) is 69.6 cm³/mol. The molecule has 0 heterocycles. The highest BCUT2D eigenvalue weighted by molar-refractivity contribution is 5.78. The van der Waals surface area contributed by atoms with Gasteiger partial charge in [-0.15, -0.1) is 0 Å². The molecule has 0 spiro atoms. The average Bonchev–Trinajstić information content (AvgIpc) is 2.29. The number of carbonyl (C=O) groups excluding carboxylic acids is 1. The summed E-state index contributed by atoms with van der Waals surface area (Å²) in [6, 6.07) is 0. The maximum absolute atomic E-state index is 11.5. The zero-order chi connectivity index (χ0) is 11.5. The van der Waals surface area contributed by atoms with Gasteiger partial charge in [0.2, 0.25) is 0 Å². The molecule has 0 saturated heterocycles. The molecule has 0 radical (unpaired) electrons. The van der Waals surface area contributed by atoms with Crippen molar-refractivity contribution < 1.29 is 4.79 Å². The summed E-state index contributed by atoms with van der Waals surface area (Å²) in [5.74, 6) is 0.485. The highest BCUT2D eigenvalue weighted by atomic mass is 16.1. The largest absolute Gasteiger partial charge is 0.300 e. The highest BCUT2D eigenvalue weighted by Crippen LogP contribution is 2.12. The number of carbonyl (C=O) groups is 1. The highest BCUT2D eigenvalue weighted by Gasteiger charge is 2.01. The lowest BCUT2D eigenvalue weighted by Gasteiger charge is -2.01. The van der Waals surface area contributed by atoms with E-state index >= 15 is 0 Å². The number of rotatable bonds is 0. The molecule has 1 nitrogen and oxygen atoms in total. The van der Waals surface area contributed by atoms with Crippen molar-refractivity contribution in [3.8, 4) is 0 Å². The van der Waals surface area contributed by atoms with Crippen LogP contribution in [0.2, 0.25) is 0 Å². The molecule has 0 atom stereocenters. The molecule has 0 unspecified atom stereocenters. The molecule has 0 aromatic carbocycles. The summed E-state index contributed by atoms with van der Waals surface area (Å²) in [7, 11) is 0. The predicted octanol–water partition coefficient (Wildman–Crippen LogP) is 4.81. The number of ketones is 1. The van der Waals surface area contributed by atoms with Gasteiger partial charge in [-0.25, -0.2) is 0 Å². The van der Waals surface area contributed by atoms with Crippen LogP contribution in [0.25, 0.3) is 0 Å². The third-order valence-corrected chi connectivity index (χ3v) is 3.32. The Morgan fingerprint density at radius 3 is 1.75 bits per heavy atom. The van der Waals surface area contributed by atoms with E-state index in [-0.39, 0.29) is 0 Å². The molecule has 1 heteroatoms. The Labute approximate surface area is 100 Å². The van der Waals surface area contributed by atoms with Crippen LogP contribution in [-0.2, 0) is 4.79 Å². The van der Waals surface area contributed by atoms with Gasteiger partial charge in [0.1, 0.15) is 5.78 Å². The quantitative estimate of drug-likeness (QED) is 0.538. The molecule has 0 fully saturated rings. The molecule has 1 aliphatic carbocycles. The second-order valence-electron chi connectivity index (χ2n) is 4.92. The fourth-order valence-electron chi connectivity index (χ4n) is 2.24. The van der Waals surface area contributed by atoms with Gasteiger partial charge in [0, 0.05) is 12.8 Å². The minimum Gasteiger partial charge on any atom is -0.300 e. The van der Waals surface area contributed by atoms with Crippen LogP contribution in [0.1, 0.15) is 77.0 Å². The van der Waals surface area contributed by atoms with Gasteiger partial charge in [-0.1, -0.05) is 37.8 Å². The molecule has 16 heavy (non-hydrogen) atoms. The van der Waals surface area contributed by atoms with E-state index in [9.17, 15) is 4.79 Å². The van der Waals surface area contributed by atoms with Gasteiger partial charge >= 0.3 is 0 Å². The molecule has 0 aromatic heterocycles. The first-order valence-corrected chi connectivity index (χ1v) is 7.06. The number of hydrogen-bond acceptors (Lipinski definition) is 1. The van der Waals surface area contributed by atoms with E-state index in [1.165, 1.54) is 44.9 Å². The van der Waals surface area contributed by atoms with Crippen molar-refractivity contribution >= 4 is 5.78 Å². The molecule has 1 rings (SSSR count). The van der Waals surface area contributed by atoms with Crippen molar-refractivity contribution in [1.82, 2.24) is 0 Å². The van der Waals surface area contributed by atoms with Crippen molar-refractivity contribution in [2.24, 2.45) is 0 Å². The summed E-state index contributed by atoms with van der Waals surface area (Å²) < 4.78 is 0. The maximum atomic E-state index is 11.5. The van der Waals surface area contributed by atoms with Crippen LogP contribution in [-0.4, -0.2) is 5.78 Å². The fraction of sp³-hybridized carbons (Fsp3) is 0.800. The summed E-state index contributed by atoms with van der Waals surface area (Å²) in [5.41, 5.74) is 0. The van der Waals surface area contributed by atoms with E-state index in [0.29, 0.717) is 5.78 Å². The Bertz CT molecular complexity index is 205. The Morgan fingerprint density at radius 2 is 1.06 bits per heavy atom. The van der Waals surface area contributed by atoms with Crippen LogP contribution in [0, 0.1) is 0 Å². The zero-order valence-electron chi connectivity index (χ0n) is 10.5. The molecular formula is C15H26O. The zero-order valence-corrected chi connectivity index (χ0v) is 10.5. The Morgan fingerprint density at radius 1 is 0.625 bits per heavy atom. The lowest BCUT2D eigenvalue weighted by atomic mass is 10.0. The van der Waals surface area contributed by atoms with Crippen LogP contribution in [0.3, 0.4) is 0 Å². The van der Waals surface area contributed by atoms with Crippen molar-refractivity contribution in [2.45, 2.75) is 77.0 Å². The smallest absolute Gasteiger partial charge is 0.132 e. The molecule has 0 bridgehead atoms. The van der Waals surface area contributed by atoms with Gasteiger partial charge < -0.3 is 0 Å². The number of Topliss-reactive ketones (excluding diaryl/α,β-unsaturated/α-hetero) is 1. The fourth-order valence-corrected chi connectivity index (χ4v) is 2.24. The van der Waals surface area contributed by atoms with Gasteiger partial charge in [0.25, 0.3) is 0 Å². The summed E-state index contributed by atoms with van der Waals surface area (Å²) in [4.78, 5) is 11.5. The minimum absolute atomic E-state index is 0.485. The molecule has 0 N–H and O–H groups in total. The van der Waals surface area contributed by atoms with Gasteiger partial charge in [-0.05, 0) is 38.5 Å². The van der Waals surface area contributed by atoms with Crippen molar-refractivity contribution in [3.05, 3.63) is 12.2 Å². The Balaban J connectivity index is 2.20. The van der Waals surface area contributed by atoms with E-state index < -0.39 is 0 Å². The van der Waals surface area contributed by atoms with Gasteiger partial charge in [0.15, 0.2) is 0 Å². The van der Waals surface area contributed by atoms with Crippen molar-refractivity contribution in [2.75, 3.05) is 0 Å². The molecular weight excluding hydrogens is 196 g/mol. The van der Waals surface area contributed by atoms with E-state index in [1.807, 2.05) is 0 Å². The number of allylic oxidation sites excluding steroid dienone is 2. The lowest BCUT2D eigenvalue weighted by Crippen LogP contribution is -1.97. The summed E-state index contributed by atoms with van der Waals surface area (Å²) in [5, 5.41) is 0. The van der Waals surface area contributed by atoms with Crippen molar-refractivity contribution in [3.63, 3.8) is 0 Å². The van der Waals surface area contributed by atoms with Crippen molar-refractivity contribution in [1.29, 1.82) is 0 Å². The van der Waals surface area contributed by atoms with Gasteiger partial charge in [-0.3, -0.25) is 4.79 Å². The van der Waals surface area contributed by atoms with E-state index in [0.717, 1.165) is 32.1 Å². The van der Waals surface area contributed by atoms with Crippen LogP contribution >= 0.6 is 0 Å². The minimum atomic E-state index is 0.485. The topological polar surface area (TPSA) is 17.1 Å². The van der Waals surface area contributed by atoms with Crippen LogP contribution in [0.15, 0.2) is 12.2 Å². The lowest BCUT2D eigenvalue weighted by molar-refractivity contribution is -0.119. The molecule has 0 amide bonds. The molecule has 92 valence electrons. The average molecular weight is 222 g/mol. The molecule has 0 aliphatic heterocycles. The number of hydrogen-bond donors (Lipinski definition) is 0. The molecule has 1 aliphatic rings. The summed E-state index contributed by atoms with van der Waals surface area (Å²) in [6.45, 7) is 0. The molecule has 0 saturated carbocycles. The van der Waals surface area contributed by atoms with E-state index in [1.54, 1.807) is 0 Å². The second-order valence-corrected chi connectivity index (χ2v) is 4.92. The first-order valence-electron chi connectivity index (χ1n) is 7.06. The second kappa shape index (κ2) is 9.62. The van der Waals surface area contributed by atoms with Gasteiger partial charge in [0.05, 0.1) is 0 Å². The summed E-state index contributed by atoms with van der Waals surface area (Å²) >= 11 is 0. The summed E-state index contributed by atoms with van der Waals surface area (Å²) in [6.07, 6.45) is 18.7.